The molecular formula is C32H28N4OS. The summed E-state index contributed by atoms with van der Waals surface area (Å²) in [6.45, 7) is 4.17. The maximum atomic E-state index is 6.07. The van der Waals surface area contributed by atoms with Crippen molar-refractivity contribution in [1.29, 1.82) is 0 Å². The van der Waals surface area contributed by atoms with Crippen molar-refractivity contribution in [2.75, 3.05) is 4.90 Å². The molecule has 38 heavy (non-hydrogen) atoms. The number of aryl methyl sites for hydroxylation is 2. The van der Waals surface area contributed by atoms with Gasteiger partial charge in [-0.25, -0.2) is 0 Å². The van der Waals surface area contributed by atoms with Crippen LogP contribution in [0.25, 0.3) is 5.69 Å². The van der Waals surface area contributed by atoms with Gasteiger partial charge in [-0.2, -0.15) is 0 Å². The van der Waals surface area contributed by atoms with Crippen molar-refractivity contribution in [3.63, 3.8) is 0 Å². The molecule has 188 valence electrons. The van der Waals surface area contributed by atoms with Crippen molar-refractivity contribution in [1.82, 2.24) is 14.9 Å². The van der Waals surface area contributed by atoms with Crippen LogP contribution in [0.15, 0.2) is 116 Å². The minimum Gasteiger partial charge on any atom is -0.457 e. The highest BCUT2D eigenvalue weighted by molar-refractivity contribution is 7.80. The zero-order valence-corrected chi connectivity index (χ0v) is 22.1. The van der Waals surface area contributed by atoms with E-state index in [1.165, 1.54) is 11.1 Å². The predicted octanol–water partition coefficient (Wildman–Crippen LogP) is 7.46. The first-order chi connectivity index (χ1) is 18.6. The molecule has 0 radical (unpaired) electrons. The summed E-state index contributed by atoms with van der Waals surface area (Å²) in [5.74, 6) is 1.59. The molecule has 3 heterocycles. The van der Waals surface area contributed by atoms with Crippen molar-refractivity contribution >= 4 is 23.0 Å². The standard InChI is InChI=1S/C32H28N4OS/c1-22-8-12-24(13-9-22)35-21-5-7-29(35)31-30(28-6-3-4-20-33-28)34-32(38)36(31)25-14-18-27(19-15-25)37-26-16-10-23(2)11-17-26/h3-21,30-31H,1-2H3,(H,34,38)/t30-,31-/m0/s1. The third-order valence-electron chi connectivity index (χ3n) is 6.87. The molecule has 1 N–H and O–H groups in total. The fourth-order valence-corrected chi connectivity index (χ4v) is 5.27. The average Bonchev–Trinajstić information content (AvgIpc) is 3.56. The lowest BCUT2D eigenvalue weighted by molar-refractivity contribution is 0.482. The van der Waals surface area contributed by atoms with Gasteiger partial charge >= 0.3 is 0 Å². The molecule has 0 unspecified atom stereocenters. The first-order valence-corrected chi connectivity index (χ1v) is 13.1. The number of rotatable bonds is 6. The molecule has 1 fully saturated rings. The molecule has 3 aromatic carbocycles. The Bertz CT molecular complexity index is 1540. The largest absolute Gasteiger partial charge is 0.457 e. The molecule has 1 aliphatic heterocycles. The van der Waals surface area contributed by atoms with Gasteiger partial charge in [0.15, 0.2) is 5.11 Å². The number of hydrogen-bond acceptors (Lipinski definition) is 3. The summed E-state index contributed by atoms with van der Waals surface area (Å²) in [6.07, 6.45) is 3.93. The van der Waals surface area contributed by atoms with E-state index in [1.807, 2.05) is 54.7 Å². The van der Waals surface area contributed by atoms with Crippen molar-refractivity contribution in [3.8, 4) is 17.2 Å². The molecule has 2 atom stereocenters. The van der Waals surface area contributed by atoms with Crippen LogP contribution in [-0.2, 0) is 0 Å². The summed E-state index contributed by atoms with van der Waals surface area (Å²) < 4.78 is 8.31. The first-order valence-electron chi connectivity index (χ1n) is 12.7. The molecule has 0 aliphatic carbocycles. The number of benzene rings is 3. The van der Waals surface area contributed by atoms with Gasteiger partial charge in [0.25, 0.3) is 0 Å². The van der Waals surface area contributed by atoms with E-state index in [-0.39, 0.29) is 12.1 Å². The summed E-state index contributed by atoms with van der Waals surface area (Å²) in [5.41, 5.74) is 6.59. The zero-order valence-electron chi connectivity index (χ0n) is 21.3. The zero-order chi connectivity index (χ0) is 26.1. The van der Waals surface area contributed by atoms with Gasteiger partial charge in [-0.1, -0.05) is 41.5 Å². The van der Waals surface area contributed by atoms with Crippen LogP contribution in [0, 0.1) is 13.8 Å². The van der Waals surface area contributed by atoms with Gasteiger partial charge in [-0.15, -0.1) is 0 Å². The second-order valence-electron chi connectivity index (χ2n) is 9.54. The minimum absolute atomic E-state index is 0.113. The van der Waals surface area contributed by atoms with Crippen LogP contribution < -0.4 is 15.0 Å². The quantitative estimate of drug-likeness (QED) is 0.237. The van der Waals surface area contributed by atoms with Crippen molar-refractivity contribution in [3.05, 3.63) is 138 Å². The highest BCUT2D eigenvalue weighted by Gasteiger charge is 2.42. The second kappa shape index (κ2) is 10.1. The summed E-state index contributed by atoms with van der Waals surface area (Å²) >= 11 is 5.92. The van der Waals surface area contributed by atoms with Crippen LogP contribution in [0.1, 0.15) is 34.6 Å². The van der Waals surface area contributed by atoms with Crippen molar-refractivity contribution in [2.45, 2.75) is 25.9 Å². The fourth-order valence-electron chi connectivity index (χ4n) is 4.93. The van der Waals surface area contributed by atoms with Crippen LogP contribution >= 0.6 is 12.2 Å². The van der Waals surface area contributed by atoms with Crippen LogP contribution in [0.3, 0.4) is 0 Å². The summed E-state index contributed by atoms with van der Waals surface area (Å²) in [5, 5.41) is 4.22. The number of pyridine rings is 1. The van der Waals surface area contributed by atoms with E-state index < -0.39 is 0 Å². The molecule has 6 heteroatoms. The van der Waals surface area contributed by atoms with E-state index in [1.54, 1.807) is 0 Å². The summed E-state index contributed by atoms with van der Waals surface area (Å²) in [6, 6.07) is 34.7. The number of nitrogens with zero attached hydrogens (tertiary/aromatic N) is 3. The van der Waals surface area contributed by atoms with Gasteiger partial charge in [0.1, 0.15) is 17.5 Å². The number of ether oxygens (including phenoxy) is 1. The lowest BCUT2D eigenvalue weighted by atomic mass is 10.0. The molecule has 0 amide bonds. The summed E-state index contributed by atoms with van der Waals surface area (Å²) in [4.78, 5) is 6.87. The normalized spacial score (nSPS) is 16.9. The third-order valence-corrected chi connectivity index (χ3v) is 7.18. The number of nitrogens with one attached hydrogen (secondary N) is 1. The summed E-state index contributed by atoms with van der Waals surface area (Å²) in [7, 11) is 0. The van der Waals surface area contributed by atoms with Gasteiger partial charge in [-0.05, 0) is 98.9 Å². The number of anilines is 1. The minimum atomic E-state index is -0.119. The van der Waals surface area contributed by atoms with E-state index in [9.17, 15) is 0 Å². The SMILES string of the molecule is Cc1ccc(Oc2ccc(N3C(=S)N[C@@H](c4ccccn4)[C@@H]3c3cccn3-c3ccc(C)cc3)cc2)cc1. The monoisotopic (exact) mass is 516 g/mol. The maximum Gasteiger partial charge on any atom is 0.174 e. The second-order valence-corrected chi connectivity index (χ2v) is 9.93. The molecule has 0 saturated carbocycles. The number of aromatic nitrogens is 2. The average molecular weight is 517 g/mol. The molecule has 5 aromatic rings. The van der Waals surface area contributed by atoms with Crippen LogP contribution in [0.2, 0.25) is 0 Å². The van der Waals surface area contributed by atoms with Crippen molar-refractivity contribution in [2.24, 2.45) is 0 Å². The highest BCUT2D eigenvalue weighted by atomic mass is 32.1. The van der Waals surface area contributed by atoms with Gasteiger partial charge in [0, 0.05) is 29.5 Å². The lowest BCUT2D eigenvalue weighted by Crippen LogP contribution is -2.30. The van der Waals surface area contributed by atoms with Crippen LogP contribution in [0.5, 0.6) is 11.5 Å². The number of hydrogen-bond donors (Lipinski definition) is 1. The van der Waals surface area contributed by atoms with Gasteiger partial charge in [-0.3, -0.25) is 4.98 Å². The Morgan fingerprint density at radius 2 is 1.37 bits per heavy atom. The molecule has 0 bridgehead atoms. The van der Waals surface area contributed by atoms with Gasteiger partial charge in [0.05, 0.1) is 11.7 Å². The first kappa shape index (κ1) is 23.9. The topological polar surface area (TPSA) is 42.3 Å². The Labute approximate surface area is 228 Å². The predicted molar refractivity (Wildman–Crippen MR) is 156 cm³/mol. The van der Waals surface area contributed by atoms with Crippen LogP contribution in [-0.4, -0.2) is 14.7 Å². The Balaban J connectivity index is 1.38. The Morgan fingerprint density at radius 1 is 0.737 bits per heavy atom. The van der Waals surface area contributed by atoms with Gasteiger partial charge < -0.3 is 19.5 Å². The van der Waals surface area contributed by atoms with Crippen molar-refractivity contribution < 1.29 is 4.74 Å². The highest BCUT2D eigenvalue weighted by Crippen LogP contribution is 2.42. The molecule has 6 rings (SSSR count). The lowest BCUT2D eigenvalue weighted by Gasteiger charge is -2.29. The number of thiocarbonyl (C=S) groups is 1. The Hall–Kier alpha value is -4.42. The van der Waals surface area contributed by atoms with E-state index in [2.05, 4.69) is 94.4 Å². The van der Waals surface area contributed by atoms with E-state index in [4.69, 9.17) is 17.0 Å². The van der Waals surface area contributed by atoms with E-state index in [0.717, 1.165) is 34.3 Å². The van der Waals surface area contributed by atoms with E-state index in [0.29, 0.717) is 5.11 Å². The maximum absolute atomic E-state index is 6.07. The molecule has 0 spiro atoms. The van der Waals surface area contributed by atoms with Crippen LogP contribution in [0.4, 0.5) is 5.69 Å². The Kier molecular flexibility index (Phi) is 6.40. The molecule has 5 nitrogen and oxygen atoms in total. The molecular weight excluding hydrogens is 488 g/mol. The molecule has 2 aromatic heterocycles. The fraction of sp³-hybridized carbons (Fsp3) is 0.125. The molecule has 1 aliphatic rings. The molecule has 1 saturated heterocycles. The smallest absolute Gasteiger partial charge is 0.174 e. The van der Waals surface area contributed by atoms with Gasteiger partial charge in [0.2, 0.25) is 0 Å². The third kappa shape index (κ3) is 4.66. The van der Waals surface area contributed by atoms with E-state index >= 15 is 0 Å². The Morgan fingerprint density at radius 3 is 2.03 bits per heavy atom.